The summed E-state index contributed by atoms with van der Waals surface area (Å²) in [4.78, 5) is 10.6. The van der Waals surface area contributed by atoms with E-state index in [1.165, 1.54) is 6.33 Å². The Kier molecular flexibility index (Phi) is 1.50. The second kappa shape index (κ2) is 2.31. The third-order valence-electron chi connectivity index (χ3n) is 1.17. The molecule has 1 rings (SSSR count). The highest BCUT2D eigenvalue weighted by Gasteiger charge is 2.01. The van der Waals surface area contributed by atoms with E-state index in [1.54, 1.807) is 6.92 Å². The predicted octanol–water partition coefficient (Wildman–Crippen LogP) is 0.918. The van der Waals surface area contributed by atoms with E-state index in [2.05, 4.69) is 14.8 Å². The Bertz CT molecular complexity index is 286. The molecule has 0 amide bonds. The molecule has 1 aromatic rings. The number of hydrogen-bond acceptors (Lipinski definition) is 3. The minimum absolute atomic E-state index is 0.229. The van der Waals surface area contributed by atoms with Crippen molar-refractivity contribution in [3.05, 3.63) is 23.4 Å². The molecular weight excluding hydrogens is 128 g/mol. The zero-order chi connectivity index (χ0) is 7.56. The molecule has 0 aliphatic heterocycles. The lowest BCUT2D eigenvalue weighted by atomic mass is 10.3. The van der Waals surface area contributed by atoms with Gasteiger partial charge in [0.1, 0.15) is 0 Å². The molecule has 0 radical (unpaired) electrons. The summed E-state index contributed by atoms with van der Waals surface area (Å²) in [5.74, 6) is 0.229. The first-order valence-electron chi connectivity index (χ1n) is 2.70. The molecule has 0 saturated carbocycles. The second-order valence-electron chi connectivity index (χ2n) is 1.81. The normalized spacial score (nSPS) is 8.80. The van der Waals surface area contributed by atoms with Gasteiger partial charge in [-0.3, -0.25) is 0 Å². The van der Waals surface area contributed by atoms with E-state index in [-0.39, 0.29) is 5.82 Å². The van der Waals surface area contributed by atoms with Crippen molar-refractivity contribution < 1.29 is 0 Å². The quantitative estimate of drug-likeness (QED) is 0.537. The molecule has 0 aliphatic carbocycles. The number of nitrogens with two attached hydrogens (primary N) is 1. The highest BCUT2D eigenvalue weighted by Crippen LogP contribution is 2.18. The number of aromatic nitrogens is 2. The van der Waals surface area contributed by atoms with Crippen LogP contribution in [0.25, 0.3) is 4.85 Å². The average Bonchev–Trinajstić information content (AvgIpc) is 1.95. The van der Waals surface area contributed by atoms with Crippen LogP contribution in [0, 0.1) is 13.5 Å². The number of nitrogens with zero attached hydrogens (tertiary/aromatic N) is 3. The monoisotopic (exact) mass is 134 g/mol. The van der Waals surface area contributed by atoms with E-state index < -0.39 is 0 Å². The largest absolute Gasteiger partial charge is 0.404 e. The fraction of sp³-hybridized carbons (Fsp3) is 0.167. The van der Waals surface area contributed by atoms with Crippen LogP contribution in [0.5, 0.6) is 0 Å². The lowest BCUT2D eigenvalue weighted by Gasteiger charge is -1.96. The van der Waals surface area contributed by atoms with E-state index >= 15 is 0 Å². The molecule has 1 heterocycles. The van der Waals surface area contributed by atoms with Gasteiger partial charge in [0, 0.05) is 0 Å². The van der Waals surface area contributed by atoms with Gasteiger partial charge in [0.25, 0.3) is 5.82 Å². The van der Waals surface area contributed by atoms with Crippen LogP contribution < -0.4 is 5.73 Å². The van der Waals surface area contributed by atoms with Gasteiger partial charge in [0.15, 0.2) is 0 Å². The standard InChI is InChI=1S/C6H6N4/c1-4-5(7)6(8-2)10-3-9-4/h3H,7H2,1H3. The molecule has 4 heteroatoms. The highest BCUT2D eigenvalue weighted by atomic mass is 15.0. The number of anilines is 1. The van der Waals surface area contributed by atoms with Gasteiger partial charge in [0.05, 0.1) is 11.4 Å². The Morgan fingerprint density at radius 2 is 2.30 bits per heavy atom. The zero-order valence-corrected chi connectivity index (χ0v) is 5.50. The maximum atomic E-state index is 6.64. The zero-order valence-electron chi connectivity index (χ0n) is 5.50. The molecule has 0 fully saturated rings. The number of aryl methyl sites for hydroxylation is 1. The molecular formula is C6H6N4. The first kappa shape index (κ1) is 6.49. The van der Waals surface area contributed by atoms with Crippen LogP contribution in [0.4, 0.5) is 11.5 Å². The maximum Gasteiger partial charge on any atom is 0.295 e. The maximum absolute atomic E-state index is 6.64. The van der Waals surface area contributed by atoms with Crippen molar-refractivity contribution in [1.29, 1.82) is 0 Å². The van der Waals surface area contributed by atoms with Crippen LogP contribution in [-0.4, -0.2) is 9.97 Å². The van der Waals surface area contributed by atoms with Gasteiger partial charge in [-0.15, -0.1) is 4.98 Å². The number of rotatable bonds is 0. The van der Waals surface area contributed by atoms with Crippen LogP contribution in [0.3, 0.4) is 0 Å². The first-order chi connectivity index (χ1) is 4.75. The lowest BCUT2D eigenvalue weighted by Crippen LogP contribution is -1.93. The Labute approximate surface area is 58.5 Å². The smallest absolute Gasteiger partial charge is 0.295 e. The molecule has 0 unspecified atom stereocenters. The summed E-state index contributed by atoms with van der Waals surface area (Å²) in [6.07, 6.45) is 1.33. The van der Waals surface area contributed by atoms with Gasteiger partial charge in [0.2, 0.25) is 6.33 Å². The Morgan fingerprint density at radius 3 is 2.80 bits per heavy atom. The molecule has 10 heavy (non-hydrogen) atoms. The van der Waals surface area contributed by atoms with Crippen molar-refractivity contribution in [2.75, 3.05) is 5.73 Å². The summed E-state index contributed by atoms with van der Waals surface area (Å²) in [5, 5.41) is 0. The molecule has 0 aromatic carbocycles. The van der Waals surface area contributed by atoms with E-state index in [0.717, 1.165) is 0 Å². The third-order valence-corrected chi connectivity index (χ3v) is 1.17. The van der Waals surface area contributed by atoms with Crippen molar-refractivity contribution >= 4 is 11.5 Å². The molecule has 4 nitrogen and oxygen atoms in total. The van der Waals surface area contributed by atoms with E-state index in [9.17, 15) is 0 Å². The summed E-state index contributed by atoms with van der Waals surface area (Å²) < 4.78 is 0. The van der Waals surface area contributed by atoms with Crippen molar-refractivity contribution in [2.24, 2.45) is 0 Å². The minimum atomic E-state index is 0.229. The summed E-state index contributed by atoms with van der Waals surface area (Å²) in [5.41, 5.74) is 6.48. The molecule has 0 atom stereocenters. The van der Waals surface area contributed by atoms with E-state index in [1.807, 2.05) is 0 Å². The third kappa shape index (κ3) is 0.890. The molecule has 0 spiro atoms. The predicted molar refractivity (Wildman–Crippen MR) is 37.4 cm³/mol. The van der Waals surface area contributed by atoms with Crippen molar-refractivity contribution in [3.8, 4) is 0 Å². The van der Waals surface area contributed by atoms with E-state index in [0.29, 0.717) is 11.4 Å². The molecule has 50 valence electrons. The fourth-order valence-corrected chi connectivity index (χ4v) is 0.560. The van der Waals surface area contributed by atoms with Crippen molar-refractivity contribution in [2.45, 2.75) is 6.92 Å². The van der Waals surface area contributed by atoms with Gasteiger partial charge >= 0.3 is 0 Å². The lowest BCUT2D eigenvalue weighted by molar-refractivity contribution is 1.12. The molecule has 0 aliphatic rings. The number of nitrogen functional groups attached to an aromatic ring is 1. The van der Waals surface area contributed by atoms with Crippen LogP contribution in [0.15, 0.2) is 6.33 Å². The summed E-state index contributed by atoms with van der Waals surface area (Å²) in [7, 11) is 0. The summed E-state index contributed by atoms with van der Waals surface area (Å²) >= 11 is 0. The first-order valence-corrected chi connectivity index (χ1v) is 2.70. The van der Waals surface area contributed by atoms with Crippen LogP contribution in [0.2, 0.25) is 0 Å². The van der Waals surface area contributed by atoms with Crippen LogP contribution in [0.1, 0.15) is 5.69 Å². The molecule has 0 saturated heterocycles. The minimum Gasteiger partial charge on any atom is -0.404 e. The van der Waals surface area contributed by atoms with Crippen LogP contribution in [-0.2, 0) is 0 Å². The highest BCUT2D eigenvalue weighted by molar-refractivity contribution is 5.63. The van der Waals surface area contributed by atoms with Crippen molar-refractivity contribution in [1.82, 2.24) is 9.97 Å². The fourth-order valence-electron chi connectivity index (χ4n) is 0.560. The van der Waals surface area contributed by atoms with Gasteiger partial charge in [-0.05, 0) is 6.92 Å². The van der Waals surface area contributed by atoms with Crippen molar-refractivity contribution in [3.63, 3.8) is 0 Å². The van der Waals surface area contributed by atoms with E-state index in [4.69, 9.17) is 12.3 Å². The van der Waals surface area contributed by atoms with Gasteiger partial charge < -0.3 is 10.6 Å². The molecule has 0 bridgehead atoms. The number of hydrogen-bond donors (Lipinski definition) is 1. The van der Waals surface area contributed by atoms with Gasteiger partial charge in [-0.2, -0.15) is 0 Å². The SMILES string of the molecule is [C-]#[N+]c1ncnc(C)c1N. The van der Waals surface area contributed by atoms with Gasteiger partial charge in [-0.25, -0.2) is 4.98 Å². The Hall–Kier alpha value is -1.63. The summed E-state index contributed by atoms with van der Waals surface area (Å²) in [6.45, 7) is 8.38. The summed E-state index contributed by atoms with van der Waals surface area (Å²) in [6, 6.07) is 0. The molecule has 1 aromatic heterocycles. The Balaban J connectivity index is 3.31. The second-order valence-corrected chi connectivity index (χ2v) is 1.81. The molecule has 2 N–H and O–H groups in total. The van der Waals surface area contributed by atoms with Crippen LogP contribution >= 0.6 is 0 Å². The van der Waals surface area contributed by atoms with Gasteiger partial charge in [-0.1, -0.05) is 6.57 Å². The average molecular weight is 134 g/mol. The topological polar surface area (TPSA) is 56.2 Å². The Morgan fingerprint density at radius 1 is 1.60 bits per heavy atom.